The zero-order chi connectivity index (χ0) is 13.9. The minimum Gasteiger partial charge on any atom is -0.383 e. The third kappa shape index (κ3) is 3.16. The van der Waals surface area contributed by atoms with Gasteiger partial charge in [-0.25, -0.2) is 0 Å². The molecule has 3 heteroatoms. The van der Waals surface area contributed by atoms with Crippen LogP contribution in [0.25, 0.3) is 0 Å². The summed E-state index contributed by atoms with van der Waals surface area (Å²) in [6, 6.07) is 11.7. The van der Waals surface area contributed by atoms with E-state index in [2.05, 4.69) is 61.3 Å². The first kappa shape index (κ1) is 14.5. The van der Waals surface area contributed by atoms with Crippen LogP contribution in [0.1, 0.15) is 26.3 Å². The average molecular weight is 262 g/mol. The molecule has 1 aliphatic rings. The predicted molar refractivity (Wildman–Crippen MR) is 79.3 cm³/mol. The molecule has 0 saturated carbocycles. The zero-order valence-corrected chi connectivity index (χ0v) is 12.5. The SMILES string of the molecule is COCC(C)N1CC(C)(c2ccccc2)NCC1C. The van der Waals surface area contributed by atoms with E-state index in [1.54, 1.807) is 7.11 Å². The van der Waals surface area contributed by atoms with Crippen molar-refractivity contribution in [1.29, 1.82) is 0 Å². The van der Waals surface area contributed by atoms with Gasteiger partial charge in [0.15, 0.2) is 0 Å². The van der Waals surface area contributed by atoms with Gasteiger partial charge >= 0.3 is 0 Å². The number of ether oxygens (including phenoxy) is 1. The Labute approximate surface area is 116 Å². The summed E-state index contributed by atoms with van der Waals surface area (Å²) in [5.74, 6) is 0. The van der Waals surface area contributed by atoms with Gasteiger partial charge < -0.3 is 10.1 Å². The van der Waals surface area contributed by atoms with E-state index in [9.17, 15) is 0 Å². The van der Waals surface area contributed by atoms with Gasteiger partial charge in [0.1, 0.15) is 0 Å². The molecule has 0 spiro atoms. The van der Waals surface area contributed by atoms with E-state index in [1.807, 2.05) is 0 Å². The molecule has 1 fully saturated rings. The minimum atomic E-state index is 0.0236. The van der Waals surface area contributed by atoms with Gasteiger partial charge in [0.25, 0.3) is 0 Å². The molecule has 3 atom stereocenters. The van der Waals surface area contributed by atoms with E-state index in [-0.39, 0.29) is 5.54 Å². The Morgan fingerprint density at radius 1 is 1.42 bits per heavy atom. The molecule has 1 aromatic rings. The minimum absolute atomic E-state index is 0.0236. The Balaban J connectivity index is 2.16. The normalized spacial score (nSPS) is 30.2. The number of piperazine rings is 1. The molecule has 1 heterocycles. The Kier molecular flexibility index (Phi) is 4.61. The fourth-order valence-electron chi connectivity index (χ4n) is 2.99. The van der Waals surface area contributed by atoms with Crippen molar-refractivity contribution in [3.63, 3.8) is 0 Å². The van der Waals surface area contributed by atoms with Crippen molar-refractivity contribution in [2.75, 3.05) is 26.8 Å². The van der Waals surface area contributed by atoms with Crippen LogP contribution in [0.15, 0.2) is 30.3 Å². The summed E-state index contributed by atoms with van der Waals surface area (Å²) >= 11 is 0. The van der Waals surface area contributed by atoms with Gasteiger partial charge in [-0.15, -0.1) is 0 Å². The molecule has 0 aliphatic carbocycles. The van der Waals surface area contributed by atoms with Crippen LogP contribution in [0.4, 0.5) is 0 Å². The van der Waals surface area contributed by atoms with Crippen molar-refractivity contribution in [2.45, 2.75) is 38.4 Å². The third-order valence-electron chi connectivity index (χ3n) is 4.24. The second kappa shape index (κ2) is 6.04. The highest BCUT2D eigenvalue weighted by Gasteiger charge is 2.37. The van der Waals surface area contributed by atoms with E-state index >= 15 is 0 Å². The van der Waals surface area contributed by atoms with Crippen LogP contribution >= 0.6 is 0 Å². The lowest BCUT2D eigenvalue weighted by molar-refractivity contribution is 0.0242. The summed E-state index contributed by atoms with van der Waals surface area (Å²) in [6.45, 7) is 9.64. The van der Waals surface area contributed by atoms with Crippen LogP contribution < -0.4 is 5.32 Å². The first-order valence-corrected chi connectivity index (χ1v) is 7.12. The van der Waals surface area contributed by atoms with Crippen LogP contribution in [0, 0.1) is 0 Å². The van der Waals surface area contributed by atoms with Crippen molar-refractivity contribution >= 4 is 0 Å². The highest BCUT2D eigenvalue weighted by Crippen LogP contribution is 2.27. The van der Waals surface area contributed by atoms with Gasteiger partial charge in [0, 0.05) is 32.3 Å². The molecule has 1 aromatic carbocycles. The van der Waals surface area contributed by atoms with Gasteiger partial charge in [-0.3, -0.25) is 4.90 Å². The van der Waals surface area contributed by atoms with Gasteiger partial charge in [-0.05, 0) is 26.3 Å². The van der Waals surface area contributed by atoms with E-state index in [4.69, 9.17) is 4.74 Å². The smallest absolute Gasteiger partial charge is 0.0615 e. The summed E-state index contributed by atoms with van der Waals surface area (Å²) in [5.41, 5.74) is 1.38. The Morgan fingerprint density at radius 2 is 2.11 bits per heavy atom. The van der Waals surface area contributed by atoms with E-state index in [1.165, 1.54) is 5.56 Å². The number of nitrogens with one attached hydrogen (secondary N) is 1. The molecule has 3 unspecified atom stereocenters. The Hall–Kier alpha value is -0.900. The molecule has 0 amide bonds. The summed E-state index contributed by atoms with van der Waals surface area (Å²) in [4.78, 5) is 2.55. The third-order valence-corrected chi connectivity index (χ3v) is 4.24. The van der Waals surface area contributed by atoms with Gasteiger partial charge in [-0.2, -0.15) is 0 Å². The Morgan fingerprint density at radius 3 is 2.74 bits per heavy atom. The standard InChI is InChI=1S/C16H26N2O/c1-13-10-17-16(3,15-8-6-5-7-9-15)12-18(13)14(2)11-19-4/h5-9,13-14,17H,10-12H2,1-4H3. The quantitative estimate of drug-likeness (QED) is 0.900. The molecule has 19 heavy (non-hydrogen) atoms. The highest BCUT2D eigenvalue weighted by atomic mass is 16.5. The molecular weight excluding hydrogens is 236 g/mol. The fourth-order valence-corrected chi connectivity index (χ4v) is 2.99. The van der Waals surface area contributed by atoms with Crippen molar-refractivity contribution in [1.82, 2.24) is 10.2 Å². The van der Waals surface area contributed by atoms with Crippen molar-refractivity contribution < 1.29 is 4.74 Å². The number of hydrogen-bond donors (Lipinski definition) is 1. The Bertz CT molecular complexity index is 395. The van der Waals surface area contributed by atoms with Crippen molar-refractivity contribution in [2.24, 2.45) is 0 Å². The topological polar surface area (TPSA) is 24.5 Å². The van der Waals surface area contributed by atoms with Crippen LogP contribution in [0.5, 0.6) is 0 Å². The van der Waals surface area contributed by atoms with E-state index < -0.39 is 0 Å². The maximum atomic E-state index is 5.32. The molecule has 3 nitrogen and oxygen atoms in total. The molecular formula is C16H26N2O. The van der Waals surface area contributed by atoms with Gasteiger partial charge in [-0.1, -0.05) is 30.3 Å². The molecule has 1 N–H and O–H groups in total. The lowest BCUT2D eigenvalue weighted by atomic mass is 9.88. The van der Waals surface area contributed by atoms with E-state index in [0.717, 1.165) is 19.7 Å². The maximum Gasteiger partial charge on any atom is 0.0615 e. The summed E-state index contributed by atoms with van der Waals surface area (Å²) in [6.07, 6.45) is 0. The number of rotatable bonds is 4. The number of methoxy groups -OCH3 is 1. The highest BCUT2D eigenvalue weighted by molar-refractivity contribution is 5.25. The number of benzene rings is 1. The summed E-state index contributed by atoms with van der Waals surface area (Å²) in [7, 11) is 1.78. The van der Waals surface area contributed by atoms with Crippen LogP contribution in [0.2, 0.25) is 0 Å². The summed E-state index contributed by atoms with van der Waals surface area (Å²) < 4.78 is 5.32. The molecule has 106 valence electrons. The monoisotopic (exact) mass is 262 g/mol. The molecule has 0 radical (unpaired) electrons. The lowest BCUT2D eigenvalue weighted by Gasteiger charge is -2.47. The maximum absolute atomic E-state index is 5.32. The van der Waals surface area contributed by atoms with Crippen molar-refractivity contribution in [3.8, 4) is 0 Å². The van der Waals surface area contributed by atoms with Crippen molar-refractivity contribution in [3.05, 3.63) is 35.9 Å². The van der Waals surface area contributed by atoms with Gasteiger partial charge in [0.2, 0.25) is 0 Å². The summed E-state index contributed by atoms with van der Waals surface area (Å²) in [5, 5.41) is 3.71. The van der Waals surface area contributed by atoms with E-state index in [0.29, 0.717) is 12.1 Å². The second-order valence-electron chi connectivity index (χ2n) is 5.90. The van der Waals surface area contributed by atoms with Crippen LogP contribution in [0.3, 0.4) is 0 Å². The fraction of sp³-hybridized carbons (Fsp3) is 0.625. The largest absolute Gasteiger partial charge is 0.383 e. The average Bonchev–Trinajstić information content (AvgIpc) is 2.43. The molecule has 1 aliphatic heterocycles. The predicted octanol–water partition coefficient (Wildman–Crippen LogP) is 2.23. The second-order valence-corrected chi connectivity index (χ2v) is 5.90. The van der Waals surface area contributed by atoms with Crippen LogP contribution in [-0.4, -0.2) is 43.8 Å². The molecule has 0 bridgehead atoms. The zero-order valence-electron chi connectivity index (χ0n) is 12.5. The van der Waals surface area contributed by atoms with Gasteiger partial charge in [0.05, 0.1) is 12.1 Å². The molecule has 1 saturated heterocycles. The first-order chi connectivity index (χ1) is 9.07. The first-order valence-electron chi connectivity index (χ1n) is 7.12. The number of nitrogens with zero attached hydrogens (tertiary/aromatic N) is 1. The molecule has 0 aromatic heterocycles. The van der Waals surface area contributed by atoms with Crippen LogP contribution in [-0.2, 0) is 10.3 Å². The molecule has 2 rings (SSSR count). The lowest BCUT2D eigenvalue weighted by Crippen LogP contribution is -2.62. The number of hydrogen-bond acceptors (Lipinski definition) is 3.